The van der Waals surface area contributed by atoms with Crippen LogP contribution in [-0.4, -0.2) is 30.4 Å². The first-order valence-electron chi connectivity index (χ1n) is 9.52. The Morgan fingerprint density at radius 1 is 0.966 bits per heavy atom. The Hall–Kier alpha value is -3.15. The van der Waals surface area contributed by atoms with Crippen molar-refractivity contribution in [2.45, 2.75) is 46.1 Å². The molecule has 2 aromatic rings. The minimum Gasteiger partial charge on any atom is -0.451 e. The van der Waals surface area contributed by atoms with Crippen LogP contribution in [0.1, 0.15) is 49.2 Å². The lowest BCUT2D eigenvalue weighted by molar-refractivity contribution is -0.152. The Morgan fingerprint density at radius 2 is 1.55 bits per heavy atom. The van der Waals surface area contributed by atoms with Crippen LogP contribution in [0, 0.1) is 6.92 Å². The van der Waals surface area contributed by atoms with Gasteiger partial charge in [0, 0.05) is 11.3 Å². The molecule has 6 nitrogen and oxygen atoms in total. The van der Waals surface area contributed by atoms with Gasteiger partial charge in [-0.25, -0.2) is 0 Å². The molecule has 1 atom stereocenters. The summed E-state index contributed by atoms with van der Waals surface area (Å²) in [4.78, 5) is 36.3. The van der Waals surface area contributed by atoms with Gasteiger partial charge in [0.05, 0.1) is 0 Å². The van der Waals surface area contributed by atoms with Gasteiger partial charge in [-0.15, -0.1) is 0 Å². The average Bonchev–Trinajstić information content (AvgIpc) is 2.67. The van der Waals surface area contributed by atoms with Crippen molar-refractivity contribution in [3.05, 3.63) is 65.2 Å². The van der Waals surface area contributed by atoms with Gasteiger partial charge in [0.2, 0.25) is 0 Å². The molecule has 0 spiro atoms. The zero-order valence-corrected chi connectivity index (χ0v) is 17.5. The van der Waals surface area contributed by atoms with Gasteiger partial charge in [-0.05, 0) is 49.1 Å². The molecule has 0 aliphatic carbocycles. The molecule has 2 rings (SSSR count). The molecule has 29 heavy (non-hydrogen) atoms. The molecular formula is C23H28N2O4. The molecule has 2 amide bonds. The number of rotatable bonds is 6. The number of nitrogens with one attached hydrogen (secondary N) is 2. The molecule has 0 saturated heterocycles. The first kappa shape index (κ1) is 22.1. The number of amides is 2. The number of anilines is 1. The van der Waals surface area contributed by atoms with Crippen molar-refractivity contribution in [1.29, 1.82) is 0 Å². The molecule has 6 heteroatoms. The summed E-state index contributed by atoms with van der Waals surface area (Å²) in [5.41, 5.74) is 3.26. The number of esters is 1. The summed E-state index contributed by atoms with van der Waals surface area (Å²) in [6.07, 6.45) is -0.980. The standard InChI is InChI=1S/C23H28N2O4/c1-15-6-12-19(13-7-15)25-21(27)16(2)29-20(26)14-24-22(28)17-8-10-18(11-9-17)23(3,4)5/h6-13,16H,14H2,1-5H3,(H,24,28)(H,25,27)/t16-/m1/s1. The molecule has 0 radical (unpaired) electrons. The van der Waals surface area contributed by atoms with Gasteiger partial charge in [-0.1, -0.05) is 50.6 Å². The SMILES string of the molecule is Cc1ccc(NC(=O)[C@@H](C)OC(=O)CNC(=O)c2ccc(C(C)(C)C)cc2)cc1. The summed E-state index contributed by atoms with van der Waals surface area (Å²) < 4.78 is 5.09. The van der Waals surface area contributed by atoms with E-state index in [-0.39, 0.29) is 17.9 Å². The zero-order chi connectivity index (χ0) is 21.6. The quantitative estimate of drug-likeness (QED) is 0.731. The third-order valence-electron chi connectivity index (χ3n) is 4.40. The lowest BCUT2D eigenvalue weighted by Crippen LogP contribution is -2.35. The molecule has 0 bridgehead atoms. The summed E-state index contributed by atoms with van der Waals surface area (Å²) >= 11 is 0. The van der Waals surface area contributed by atoms with Crippen molar-refractivity contribution in [3.63, 3.8) is 0 Å². The highest BCUT2D eigenvalue weighted by atomic mass is 16.5. The van der Waals surface area contributed by atoms with Crippen molar-refractivity contribution in [1.82, 2.24) is 5.32 Å². The van der Waals surface area contributed by atoms with E-state index in [1.54, 1.807) is 24.3 Å². The Bertz CT molecular complexity index is 865. The fourth-order valence-electron chi connectivity index (χ4n) is 2.55. The van der Waals surface area contributed by atoms with Crippen LogP contribution >= 0.6 is 0 Å². The van der Waals surface area contributed by atoms with Gasteiger partial charge in [0.1, 0.15) is 6.54 Å². The number of aryl methyl sites for hydroxylation is 1. The largest absolute Gasteiger partial charge is 0.451 e. The summed E-state index contributed by atoms with van der Waals surface area (Å²) in [5.74, 6) is -1.50. The molecule has 2 aromatic carbocycles. The maximum absolute atomic E-state index is 12.2. The molecular weight excluding hydrogens is 368 g/mol. The number of benzene rings is 2. The number of carbonyl (C=O) groups excluding carboxylic acids is 3. The molecule has 0 saturated carbocycles. The predicted octanol–water partition coefficient (Wildman–Crippen LogP) is 3.59. The molecule has 0 aromatic heterocycles. The average molecular weight is 396 g/mol. The van der Waals surface area contributed by atoms with Gasteiger partial charge in [0.15, 0.2) is 6.10 Å². The van der Waals surface area contributed by atoms with E-state index < -0.39 is 18.0 Å². The fourth-order valence-corrected chi connectivity index (χ4v) is 2.55. The predicted molar refractivity (Wildman–Crippen MR) is 113 cm³/mol. The van der Waals surface area contributed by atoms with Crippen molar-refractivity contribution in [2.75, 3.05) is 11.9 Å². The Kier molecular flexibility index (Phi) is 7.15. The van der Waals surface area contributed by atoms with Crippen LogP contribution in [-0.2, 0) is 19.7 Å². The maximum atomic E-state index is 12.2. The van der Waals surface area contributed by atoms with Crippen molar-refractivity contribution in [3.8, 4) is 0 Å². The molecule has 2 N–H and O–H groups in total. The number of hydrogen-bond acceptors (Lipinski definition) is 4. The van der Waals surface area contributed by atoms with E-state index in [1.807, 2.05) is 31.2 Å². The summed E-state index contributed by atoms with van der Waals surface area (Å²) in [7, 11) is 0. The highest BCUT2D eigenvalue weighted by molar-refractivity contribution is 5.97. The van der Waals surface area contributed by atoms with Crippen LogP contribution in [0.5, 0.6) is 0 Å². The van der Waals surface area contributed by atoms with Crippen LogP contribution in [0.25, 0.3) is 0 Å². The molecule has 0 aliphatic heterocycles. The minimum atomic E-state index is -0.980. The highest BCUT2D eigenvalue weighted by Crippen LogP contribution is 2.22. The first-order chi connectivity index (χ1) is 13.6. The van der Waals surface area contributed by atoms with E-state index in [0.29, 0.717) is 11.3 Å². The normalized spacial score (nSPS) is 12.0. The molecule has 154 valence electrons. The van der Waals surface area contributed by atoms with Gasteiger partial charge in [-0.3, -0.25) is 14.4 Å². The van der Waals surface area contributed by atoms with E-state index in [0.717, 1.165) is 11.1 Å². The number of hydrogen-bond donors (Lipinski definition) is 2. The second kappa shape index (κ2) is 9.37. The van der Waals surface area contributed by atoms with Gasteiger partial charge in [0.25, 0.3) is 11.8 Å². The Balaban J connectivity index is 1.81. The zero-order valence-electron chi connectivity index (χ0n) is 17.5. The van der Waals surface area contributed by atoms with Crippen molar-refractivity contribution >= 4 is 23.5 Å². The van der Waals surface area contributed by atoms with Crippen LogP contribution in [0.15, 0.2) is 48.5 Å². The maximum Gasteiger partial charge on any atom is 0.326 e. The van der Waals surface area contributed by atoms with E-state index in [4.69, 9.17) is 4.74 Å². The summed E-state index contributed by atoms with van der Waals surface area (Å²) in [6, 6.07) is 14.5. The minimum absolute atomic E-state index is 0.00585. The third kappa shape index (κ3) is 6.75. The molecule has 0 heterocycles. The summed E-state index contributed by atoms with van der Waals surface area (Å²) in [6.45, 7) is 9.39. The number of carbonyl (C=O) groups is 3. The van der Waals surface area contributed by atoms with Crippen LogP contribution in [0.2, 0.25) is 0 Å². The second-order valence-corrected chi connectivity index (χ2v) is 8.00. The van der Waals surface area contributed by atoms with Crippen molar-refractivity contribution in [2.24, 2.45) is 0 Å². The molecule has 0 fully saturated rings. The Morgan fingerprint density at radius 3 is 2.10 bits per heavy atom. The smallest absolute Gasteiger partial charge is 0.326 e. The third-order valence-corrected chi connectivity index (χ3v) is 4.40. The van der Waals surface area contributed by atoms with Gasteiger partial charge in [-0.2, -0.15) is 0 Å². The topological polar surface area (TPSA) is 84.5 Å². The molecule has 0 unspecified atom stereocenters. The van der Waals surface area contributed by atoms with E-state index in [1.165, 1.54) is 6.92 Å². The Labute approximate surface area is 171 Å². The highest BCUT2D eigenvalue weighted by Gasteiger charge is 2.19. The van der Waals surface area contributed by atoms with E-state index in [2.05, 4.69) is 31.4 Å². The van der Waals surface area contributed by atoms with Gasteiger partial charge < -0.3 is 15.4 Å². The number of ether oxygens (including phenoxy) is 1. The lowest BCUT2D eigenvalue weighted by Gasteiger charge is -2.19. The van der Waals surface area contributed by atoms with E-state index in [9.17, 15) is 14.4 Å². The van der Waals surface area contributed by atoms with Crippen LogP contribution < -0.4 is 10.6 Å². The van der Waals surface area contributed by atoms with Crippen molar-refractivity contribution < 1.29 is 19.1 Å². The monoisotopic (exact) mass is 396 g/mol. The lowest BCUT2D eigenvalue weighted by atomic mass is 9.87. The van der Waals surface area contributed by atoms with E-state index >= 15 is 0 Å². The fraction of sp³-hybridized carbons (Fsp3) is 0.348. The van der Waals surface area contributed by atoms with Crippen LogP contribution in [0.3, 0.4) is 0 Å². The van der Waals surface area contributed by atoms with Gasteiger partial charge >= 0.3 is 5.97 Å². The van der Waals surface area contributed by atoms with Crippen LogP contribution in [0.4, 0.5) is 5.69 Å². The second-order valence-electron chi connectivity index (χ2n) is 8.00. The summed E-state index contributed by atoms with van der Waals surface area (Å²) in [5, 5.41) is 5.19. The molecule has 0 aliphatic rings. The first-order valence-corrected chi connectivity index (χ1v) is 9.52.